The lowest BCUT2D eigenvalue weighted by molar-refractivity contribution is 0.0377. The Morgan fingerprint density at radius 1 is 0.435 bits per heavy atom. The number of benzene rings is 6. The van der Waals surface area contributed by atoms with Gasteiger partial charge in [-0.05, 0) is 201 Å². The maximum absolute atomic E-state index is 13.0. The molecule has 0 heterocycles. The molecule has 0 saturated heterocycles. The zero-order chi connectivity index (χ0) is 51.2. The van der Waals surface area contributed by atoms with Crippen molar-refractivity contribution in [3.63, 3.8) is 0 Å². The van der Waals surface area contributed by atoms with Crippen molar-refractivity contribution in [1.29, 1.82) is 0 Å². The van der Waals surface area contributed by atoms with Gasteiger partial charge in [0.05, 0.1) is 5.56 Å². The largest absolute Gasteiger partial charge is 0.488 e. The normalized spacial score (nSPS) is 11.5. The molecule has 6 aromatic rings. The summed E-state index contributed by atoms with van der Waals surface area (Å²) in [6, 6.07) is 44.6. The maximum Gasteiger partial charge on any atom is 0.339 e. The third kappa shape index (κ3) is 19.5. The van der Waals surface area contributed by atoms with E-state index >= 15 is 0 Å². The third-order valence-electron chi connectivity index (χ3n) is 9.43. The number of aliphatic hydroxyl groups excluding tert-OH is 1. The Hall–Kier alpha value is -6.61. The van der Waals surface area contributed by atoms with Crippen molar-refractivity contribution in [1.82, 2.24) is 0 Å². The van der Waals surface area contributed by atoms with Gasteiger partial charge in [-0.3, -0.25) is 4.79 Å². The van der Waals surface area contributed by atoms with Gasteiger partial charge in [-0.15, -0.1) is 0 Å². The Labute approximate surface area is 415 Å². The van der Waals surface area contributed by atoms with Crippen molar-refractivity contribution in [2.45, 2.75) is 118 Å². The molecule has 1 N–H and O–H groups in total. The fourth-order valence-electron chi connectivity index (χ4n) is 6.47. The van der Waals surface area contributed by atoms with Crippen molar-refractivity contribution in [2.24, 2.45) is 0 Å². The van der Waals surface area contributed by atoms with Gasteiger partial charge in [-0.25, -0.2) is 4.79 Å². The quantitative estimate of drug-likeness (QED) is 0.0902. The number of rotatable bonds is 13. The molecule has 8 nitrogen and oxygen atoms in total. The zero-order valence-corrected chi connectivity index (χ0v) is 43.0. The van der Waals surface area contributed by atoms with Crippen LogP contribution in [0, 0.1) is 0 Å². The van der Waals surface area contributed by atoms with Gasteiger partial charge in [0.15, 0.2) is 6.10 Å². The van der Waals surface area contributed by atoms with Crippen molar-refractivity contribution in [3.05, 3.63) is 203 Å². The molecule has 0 unspecified atom stereocenters. The van der Waals surface area contributed by atoms with Crippen LogP contribution in [0.25, 0.3) is 12.2 Å². The molecular formula is C60H69ClO8. The van der Waals surface area contributed by atoms with Crippen LogP contribution < -0.4 is 18.9 Å². The van der Waals surface area contributed by atoms with Crippen LogP contribution in [0.1, 0.15) is 149 Å². The molecule has 0 atom stereocenters. The summed E-state index contributed by atoms with van der Waals surface area (Å²) < 4.78 is 29.5. The summed E-state index contributed by atoms with van der Waals surface area (Å²) in [4.78, 5) is 23.6. The van der Waals surface area contributed by atoms with Gasteiger partial charge < -0.3 is 28.8 Å². The van der Waals surface area contributed by atoms with Crippen molar-refractivity contribution in [2.75, 3.05) is 0 Å². The van der Waals surface area contributed by atoms with Crippen LogP contribution in [0.2, 0.25) is 0 Å². The van der Waals surface area contributed by atoms with Crippen LogP contribution in [0.4, 0.5) is 0 Å². The van der Waals surface area contributed by atoms with Gasteiger partial charge >= 0.3 is 5.97 Å². The molecule has 364 valence electrons. The highest BCUT2D eigenvalue weighted by molar-refractivity contribution is 6.67. The van der Waals surface area contributed by atoms with E-state index in [0.717, 1.165) is 56.4 Å². The van der Waals surface area contributed by atoms with E-state index in [-0.39, 0.29) is 22.4 Å². The number of halogens is 1. The lowest BCUT2D eigenvalue weighted by Crippen LogP contribution is -2.23. The highest BCUT2D eigenvalue weighted by Crippen LogP contribution is 2.32. The summed E-state index contributed by atoms with van der Waals surface area (Å²) in [6.45, 7) is 31.4. The minimum atomic E-state index is -0.669. The Morgan fingerprint density at radius 3 is 0.942 bits per heavy atom. The molecule has 0 spiro atoms. The minimum absolute atomic E-state index is 0.233. The molecule has 9 heteroatoms. The number of esters is 1. The molecule has 69 heavy (non-hydrogen) atoms. The van der Waals surface area contributed by atoms with Crippen LogP contribution in [-0.4, -0.2) is 38.7 Å². The topological polar surface area (TPSA) is 101 Å². The first-order valence-electron chi connectivity index (χ1n) is 22.9. The van der Waals surface area contributed by atoms with Crippen LogP contribution in [0.15, 0.2) is 159 Å². The van der Waals surface area contributed by atoms with Crippen molar-refractivity contribution < 1.29 is 38.4 Å². The second kappa shape index (κ2) is 24.1. The predicted molar refractivity (Wildman–Crippen MR) is 282 cm³/mol. The summed E-state index contributed by atoms with van der Waals surface area (Å²) in [5.41, 5.74) is 5.22. The summed E-state index contributed by atoms with van der Waals surface area (Å²) in [6.07, 6.45) is 2.19. The summed E-state index contributed by atoms with van der Waals surface area (Å²) in [5, 5.41) is 10.1. The van der Waals surface area contributed by atoms with E-state index in [4.69, 9.17) is 35.3 Å². The van der Waals surface area contributed by atoms with Gasteiger partial charge in [-0.2, -0.15) is 0 Å². The smallest absolute Gasteiger partial charge is 0.339 e. The number of carbonyl (C=O) groups is 2. The zero-order valence-electron chi connectivity index (χ0n) is 42.3. The monoisotopic (exact) mass is 952 g/mol. The molecule has 0 aliphatic heterocycles. The summed E-state index contributed by atoms with van der Waals surface area (Å²) in [5.74, 6) is 2.72. The van der Waals surface area contributed by atoms with E-state index in [1.807, 2.05) is 192 Å². The lowest BCUT2D eigenvalue weighted by Gasteiger charge is -2.24. The number of ether oxygens (including phenoxy) is 5. The second-order valence-corrected chi connectivity index (χ2v) is 20.6. The van der Waals surface area contributed by atoms with Gasteiger partial charge in [0, 0.05) is 5.56 Å². The van der Waals surface area contributed by atoms with Gasteiger partial charge in [0.2, 0.25) is 0 Å². The van der Waals surface area contributed by atoms with E-state index in [1.165, 1.54) is 0 Å². The highest BCUT2D eigenvalue weighted by Gasteiger charge is 2.23. The first kappa shape index (κ1) is 55.0. The number of hydrogen-bond acceptors (Lipinski definition) is 8. The molecule has 6 rings (SSSR count). The highest BCUT2D eigenvalue weighted by atomic mass is 35.5. The van der Waals surface area contributed by atoms with E-state index in [0.29, 0.717) is 11.1 Å². The van der Waals surface area contributed by atoms with Crippen molar-refractivity contribution in [3.8, 4) is 23.0 Å². The molecule has 0 aliphatic rings. The Balaban J connectivity index is 0.000000255. The lowest BCUT2D eigenvalue weighted by atomic mass is 10.0. The Bertz CT molecular complexity index is 2430. The molecule has 0 aromatic heterocycles. The van der Waals surface area contributed by atoms with Gasteiger partial charge in [0.1, 0.15) is 51.5 Å². The molecule has 6 aromatic carbocycles. The number of aliphatic hydroxyl groups is 1. The average molecular weight is 954 g/mol. The standard InChI is InChI=1S/C30H34O4.C21H28O3.C9H7ClO/c1-8-21-9-11-24(12-10-21)28(31)32-27(22-13-17-25(18-14-22)33-29(2,3)4)23-15-19-26(20-16-23)34-30(5,6)7;1-20(2,3)23-17-11-7-15(8-12-17)19(22)16-9-13-18(14-10-16)24-21(4,5)6;1-2-7-3-5-8(6-4-7)9(10)11/h8-20,27H,1H2,2-7H3;7-14,19,22H,1-6H3;2-6H,1H2. The molecule has 0 amide bonds. The van der Waals surface area contributed by atoms with Gasteiger partial charge in [-0.1, -0.05) is 98.1 Å². The minimum Gasteiger partial charge on any atom is -0.488 e. The molecule has 0 bridgehead atoms. The molecule has 0 radical (unpaired) electrons. The van der Waals surface area contributed by atoms with Crippen molar-refractivity contribution >= 4 is 35.0 Å². The summed E-state index contributed by atoms with van der Waals surface area (Å²) in [7, 11) is 0. The first-order valence-corrected chi connectivity index (χ1v) is 23.3. The average Bonchev–Trinajstić information content (AvgIpc) is 3.27. The summed E-state index contributed by atoms with van der Waals surface area (Å²) >= 11 is 5.23. The fourth-order valence-corrected chi connectivity index (χ4v) is 6.60. The SMILES string of the molecule is C=Cc1ccc(C(=O)Cl)cc1.C=Cc1ccc(C(=O)OC(c2ccc(OC(C)(C)C)cc2)c2ccc(OC(C)(C)C)cc2)cc1.CC(C)(C)Oc1ccc(C(O)c2ccc(OC(C)(C)C)cc2)cc1. The number of carbonyl (C=O) groups excluding carboxylic acids is 2. The van der Waals surface area contributed by atoms with E-state index in [9.17, 15) is 14.7 Å². The Morgan fingerprint density at radius 2 is 0.696 bits per heavy atom. The molecular weight excluding hydrogens is 884 g/mol. The van der Waals surface area contributed by atoms with Crippen LogP contribution in [-0.2, 0) is 4.74 Å². The first-order chi connectivity index (χ1) is 32.2. The molecule has 0 saturated carbocycles. The Kier molecular flexibility index (Phi) is 19.2. The predicted octanol–water partition coefficient (Wildman–Crippen LogP) is 15.5. The third-order valence-corrected chi connectivity index (χ3v) is 9.65. The number of hydrogen-bond donors (Lipinski definition) is 1. The van der Waals surface area contributed by atoms with E-state index in [1.54, 1.807) is 48.6 Å². The van der Waals surface area contributed by atoms with Crippen LogP contribution in [0.5, 0.6) is 23.0 Å². The van der Waals surface area contributed by atoms with Gasteiger partial charge in [0.25, 0.3) is 5.24 Å². The van der Waals surface area contributed by atoms with E-state index < -0.39 is 23.4 Å². The fraction of sp³-hybridized carbons (Fsp3) is 0.300. The van der Waals surface area contributed by atoms with Crippen LogP contribution in [0.3, 0.4) is 0 Å². The molecule has 0 aliphatic carbocycles. The maximum atomic E-state index is 13.0. The molecule has 0 fully saturated rings. The van der Waals surface area contributed by atoms with Crippen LogP contribution >= 0.6 is 11.6 Å². The second-order valence-electron chi connectivity index (χ2n) is 20.2. The van der Waals surface area contributed by atoms with E-state index in [2.05, 4.69) is 13.2 Å².